The van der Waals surface area contributed by atoms with Gasteiger partial charge < -0.3 is 4.90 Å². The van der Waals surface area contributed by atoms with Crippen LogP contribution in [0.4, 0.5) is 5.69 Å². The van der Waals surface area contributed by atoms with E-state index in [1.165, 1.54) is 39.1 Å². The summed E-state index contributed by atoms with van der Waals surface area (Å²) in [4.78, 5) is 2.58. The van der Waals surface area contributed by atoms with Crippen molar-refractivity contribution in [2.24, 2.45) is 0 Å². The van der Waals surface area contributed by atoms with Crippen molar-refractivity contribution in [3.63, 3.8) is 0 Å². The number of anilines is 1. The zero-order chi connectivity index (χ0) is 25.0. The van der Waals surface area contributed by atoms with E-state index in [-0.39, 0.29) is 0 Å². The molecule has 0 fully saturated rings. The molecular formula is C32H32AuClN-. The van der Waals surface area contributed by atoms with Crippen LogP contribution in [0.25, 0.3) is 0 Å². The minimum absolute atomic E-state index is 0.417. The number of rotatable bonds is 5. The van der Waals surface area contributed by atoms with E-state index in [0.717, 1.165) is 0 Å². The number of nitrogens with zero attached hydrogens (tertiary/aromatic N) is 1. The van der Waals surface area contributed by atoms with Crippen molar-refractivity contribution in [3.05, 3.63) is 143 Å². The maximum absolute atomic E-state index is 4.58. The first-order valence-corrected chi connectivity index (χ1v) is 14.8. The molecule has 0 amide bonds. The van der Waals surface area contributed by atoms with Gasteiger partial charge in [0.25, 0.3) is 0 Å². The van der Waals surface area contributed by atoms with Crippen molar-refractivity contribution in [2.75, 3.05) is 4.90 Å². The maximum atomic E-state index is 4.58. The van der Waals surface area contributed by atoms with E-state index in [4.69, 9.17) is 0 Å². The number of halogens is 1. The van der Waals surface area contributed by atoms with Crippen LogP contribution < -0.4 is 4.90 Å². The molecule has 3 heteroatoms. The number of hydrogen-bond acceptors (Lipinski definition) is 1. The van der Waals surface area contributed by atoms with Gasteiger partial charge in [0.05, 0.1) is 5.54 Å². The SMILES string of the molecule is CC(C)c1cccc(C(C)C)c1N1[CH-]c2ccccc2C1(c1ccccc1)c1ccccc1.[Cl][Au]. The van der Waals surface area contributed by atoms with Gasteiger partial charge in [-0.1, -0.05) is 119 Å². The van der Waals surface area contributed by atoms with Crippen molar-refractivity contribution in [1.29, 1.82) is 0 Å². The Morgan fingerprint density at radius 2 is 1.09 bits per heavy atom. The van der Waals surface area contributed by atoms with Gasteiger partial charge in [-0.3, -0.25) is 0 Å². The molecule has 0 bridgehead atoms. The zero-order valence-corrected chi connectivity index (χ0v) is 23.6. The molecule has 184 valence electrons. The molecule has 35 heavy (non-hydrogen) atoms. The molecule has 0 unspecified atom stereocenters. The Morgan fingerprint density at radius 3 is 1.57 bits per heavy atom. The summed E-state index contributed by atoms with van der Waals surface area (Å²) in [5.41, 5.74) is 8.85. The average molecular weight is 663 g/mol. The Labute approximate surface area is 226 Å². The fourth-order valence-corrected chi connectivity index (χ4v) is 5.44. The number of hydrogen-bond donors (Lipinski definition) is 0. The predicted octanol–water partition coefficient (Wildman–Crippen LogP) is 8.94. The first-order valence-electron chi connectivity index (χ1n) is 12.1. The van der Waals surface area contributed by atoms with Crippen LogP contribution in [0.5, 0.6) is 0 Å². The molecule has 4 aromatic rings. The number of benzene rings is 4. The summed E-state index contributed by atoms with van der Waals surface area (Å²) in [6.07, 6.45) is 0. The fraction of sp³-hybridized carbons (Fsp3) is 0.219. The summed E-state index contributed by atoms with van der Waals surface area (Å²) in [6, 6.07) is 37.7. The predicted molar refractivity (Wildman–Crippen MR) is 146 cm³/mol. The van der Waals surface area contributed by atoms with Crippen molar-refractivity contribution >= 4 is 14.9 Å². The molecule has 0 atom stereocenters. The van der Waals surface area contributed by atoms with Crippen LogP contribution in [0, 0.1) is 6.54 Å². The van der Waals surface area contributed by atoms with Crippen LogP contribution >= 0.6 is 9.19 Å². The third-order valence-electron chi connectivity index (χ3n) is 6.95. The molecule has 0 saturated carbocycles. The van der Waals surface area contributed by atoms with Gasteiger partial charge in [0.15, 0.2) is 0 Å². The molecule has 0 aliphatic carbocycles. The average Bonchev–Trinajstić information content (AvgIpc) is 3.26. The van der Waals surface area contributed by atoms with Gasteiger partial charge in [-0.15, -0.1) is 17.7 Å². The molecule has 1 heterocycles. The van der Waals surface area contributed by atoms with E-state index in [2.05, 4.69) is 151 Å². The van der Waals surface area contributed by atoms with Crippen molar-refractivity contribution in [1.82, 2.24) is 0 Å². The molecule has 0 N–H and O–H groups in total. The van der Waals surface area contributed by atoms with E-state index in [1.54, 1.807) is 20.0 Å². The van der Waals surface area contributed by atoms with Crippen LogP contribution in [0.15, 0.2) is 103 Å². The minimum atomic E-state index is -0.437. The van der Waals surface area contributed by atoms with Gasteiger partial charge in [-0.05, 0) is 34.1 Å². The molecule has 1 aliphatic rings. The van der Waals surface area contributed by atoms with E-state index < -0.39 is 5.54 Å². The third kappa shape index (κ3) is 4.47. The van der Waals surface area contributed by atoms with E-state index in [0.29, 0.717) is 11.8 Å². The Balaban J connectivity index is 0.00000141. The summed E-state index contributed by atoms with van der Waals surface area (Å²) in [5, 5.41) is 0. The fourth-order valence-electron chi connectivity index (χ4n) is 5.44. The summed E-state index contributed by atoms with van der Waals surface area (Å²) in [7, 11) is 4.58. The van der Waals surface area contributed by atoms with Gasteiger partial charge in [0.2, 0.25) is 0 Å². The second kappa shape index (κ2) is 11.1. The first-order chi connectivity index (χ1) is 17.0. The monoisotopic (exact) mass is 662 g/mol. The Kier molecular flexibility index (Phi) is 8.14. The molecule has 0 spiro atoms. The molecule has 1 nitrogen and oxygen atoms in total. The van der Waals surface area contributed by atoms with Crippen LogP contribution in [-0.2, 0) is 25.5 Å². The second-order valence-electron chi connectivity index (χ2n) is 9.62. The number of fused-ring (bicyclic) bond motifs is 1. The first kappa shape index (κ1) is 25.7. The van der Waals surface area contributed by atoms with Gasteiger partial charge in [0, 0.05) is 5.69 Å². The van der Waals surface area contributed by atoms with Gasteiger partial charge >= 0.3 is 29.2 Å². The summed E-state index contributed by atoms with van der Waals surface area (Å²) < 4.78 is 0. The van der Waals surface area contributed by atoms with Gasteiger partial charge in [-0.25, -0.2) is 0 Å². The topological polar surface area (TPSA) is 3.24 Å². The molecular weight excluding hydrogens is 631 g/mol. The normalized spacial score (nSPS) is 13.8. The van der Waals surface area contributed by atoms with E-state index in [9.17, 15) is 0 Å². The Bertz CT molecular complexity index is 1190. The third-order valence-corrected chi connectivity index (χ3v) is 6.95. The van der Waals surface area contributed by atoms with Crippen LogP contribution in [0.1, 0.15) is 72.9 Å². The molecule has 5 rings (SSSR count). The van der Waals surface area contributed by atoms with E-state index in [1.807, 2.05) is 0 Å². The summed E-state index contributed by atoms with van der Waals surface area (Å²) in [6.45, 7) is 11.6. The molecule has 0 radical (unpaired) electrons. The Morgan fingerprint density at radius 1 is 0.629 bits per heavy atom. The van der Waals surface area contributed by atoms with Crippen LogP contribution in [0.3, 0.4) is 0 Å². The molecule has 4 aromatic carbocycles. The summed E-state index contributed by atoms with van der Waals surface area (Å²) >= 11 is 1.75. The van der Waals surface area contributed by atoms with Crippen molar-refractivity contribution < 1.29 is 20.0 Å². The Hall–Kier alpha value is -2.42. The van der Waals surface area contributed by atoms with Crippen LogP contribution in [0.2, 0.25) is 0 Å². The van der Waals surface area contributed by atoms with Crippen molar-refractivity contribution in [3.8, 4) is 0 Å². The second-order valence-corrected chi connectivity index (χ2v) is 9.62. The molecule has 1 aliphatic heterocycles. The quantitative estimate of drug-likeness (QED) is 0.152. The van der Waals surface area contributed by atoms with E-state index >= 15 is 0 Å². The van der Waals surface area contributed by atoms with Gasteiger partial charge in [-0.2, -0.15) is 11.6 Å². The standard InChI is InChI=1S/C32H32N.Au.ClH/c1-23(2)28-19-13-20-29(24(3)4)31(28)33-22-25-14-11-12-21-30(25)32(33,26-15-7-5-8-16-26)27-17-9-6-10-18-27;;/h5-24H,1-4H3;;1H/q-1;+1;/p-1. The zero-order valence-electron chi connectivity index (χ0n) is 20.7. The van der Waals surface area contributed by atoms with Gasteiger partial charge in [0.1, 0.15) is 0 Å². The number of para-hydroxylation sites is 1. The molecule has 0 saturated heterocycles. The molecule has 0 aromatic heterocycles. The van der Waals surface area contributed by atoms with Crippen LogP contribution in [-0.4, -0.2) is 0 Å². The van der Waals surface area contributed by atoms with Crippen molar-refractivity contribution in [2.45, 2.75) is 45.1 Å². The summed E-state index contributed by atoms with van der Waals surface area (Å²) in [5.74, 6) is 0.833.